The zero-order valence-corrected chi connectivity index (χ0v) is 11.3. The van der Waals surface area contributed by atoms with E-state index in [2.05, 4.69) is 13.8 Å². The molecule has 4 N–H and O–H groups in total. The van der Waals surface area contributed by atoms with Crippen LogP contribution in [0.2, 0.25) is 0 Å². The number of amides is 1. The van der Waals surface area contributed by atoms with Crippen molar-refractivity contribution in [1.29, 1.82) is 0 Å². The van der Waals surface area contributed by atoms with Crippen molar-refractivity contribution in [2.75, 3.05) is 6.61 Å². The Morgan fingerprint density at radius 1 is 1.44 bits per heavy atom. The first-order valence-electron chi connectivity index (χ1n) is 6.19. The van der Waals surface area contributed by atoms with E-state index in [1.807, 2.05) is 24.3 Å². The van der Waals surface area contributed by atoms with E-state index in [-0.39, 0.29) is 6.61 Å². The van der Waals surface area contributed by atoms with Gasteiger partial charge in [-0.2, -0.15) is 0 Å². The second-order valence-corrected chi connectivity index (χ2v) is 4.92. The first-order valence-corrected chi connectivity index (χ1v) is 6.19. The molecule has 0 saturated heterocycles. The predicted octanol–water partition coefficient (Wildman–Crippen LogP) is 1.78. The number of carbonyl (C=O) groups is 1. The lowest BCUT2D eigenvalue weighted by molar-refractivity contribution is -0.123. The van der Waals surface area contributed by atoms with E-state index in [9.17, 15) is 4.79 Å². The first kappa shape index (κ1) is 14.5. The van der Waals surface area contributed by atoms with Crippen molar-refractivity contribution in [3.63, 3.8) is 0 Å². The van der Waals surface area contributed by atoms with Gasteiger partial charge >= 0.3 is 0 Å². The van der Waals surface area contributed by atoms with Gasteiger partial charge in [0.05, 0.1) is 0 Å². The Kier molecular flexibility index (Phi) is 4.73. The van der Waals surface area contributed by atoms with Gasteiger partial charge in [0.15, 0.2) is 0 Å². The number of hydrogen-bond donors (Lipinski definition) is 2. The van der Waals surface area contributed by atoms with Crippen LogP contribution in [-0.2, 0) is 4.79 Å². The molecule has 18 heavy (non-hydrogen) atoms. The van der Waals surface area contributed by atoms with E-state index in [0.717, 1.165) is 17.7 Å². The van der Waals surface area contributed by atoms with Crippen LogP contribution in [0.3, 0.4) is 0 Å². The molecule has 2 unspecified atom stereocenters. The van der Waals surface area contributed by atoms with Gasteiger partial charge in [-0.3, -0.25) is 4.79 Å². The van der Waals surface area contributed by atoms with Crippen LogP contribution >= 0.6 is 0 Å². The highest BCUT2D eigenvalue weighted by atomic mass is 16.5. The summed E-state index contributed by atoms with van der Waals surface area (Å²) in [5, 5.41) is 0. The van der Waals surface area contributed by atoms with Crippen LogP contribution in [0, 0.1) is 0 Å². The molecule has 4 nitrogen and oxygen atoms in total. The fourth-order valence-electron chi connectivity index (χ4n) is 1.54. The first-order chi connectivity index (χ1) is 8.38. The molecule has 4 heteroatoms. The number of rotatable bonds is 6. The van der Waals surface area contributed by atoms with E-state index in [1.165, 1.54) is 0 Å². The molecule has 2 atom stereocenters. The molecular formula is C14H22N2O2. The van der Waals surface area contributed by atoms with Gasteiger partial charge in [-0.15, -0.1) is 0 Å². The number of ether oxygens (including phenoxy) is 1. The maximum atomic E-state index is 11.1. The van der Waals surface area contributed by atoms with Crippen molar-refractivity contribution < 1.29 is 9.53 Å². The average molecular weight is 250 g/mol. The summed E-state index contributed by atoms with van der Waals surface area (Å²) < 4.78 is 5.66. The van der Waals surface area contributed by atoms with Gasteiger partial charge in [0.1, 0.15) is 17.9 Å². The molecule has 0 aromatic heterocycles. The molecule has 1 aromatic carbocycles. The summed E-state index contributed by atoms with van der Waals surface area (Å²) in [4.78, 5) is 11.1. The normalized spacial score (nSPS) is 15.8. The van der Waals surface area contributed by atoms with Crippen LogP contribution in [0.5, 0.6) is 5.75 Å². The standard InChI is InChI=1S/C14H22N2O2/c1-4-10(2)11-7-5-6-8-12(11)18-9-14(3,16)13(15)17/h5-8,10H,4,9,16H2,1-3H3,(H2,15,17). The van der Waals surface area contributed by atoms with Gasteiger partial charge in [-0.25, -0.2) is 0 Å². The quantitative estimate of drug-likeness (QED) is 0.807. The summed E-state index contributed by atoms with van der Waals surface area (Å²) >= 11 is 0. The average Bonchev–Trinajstić information content (AvgIpc) is 2.35. The lowest BCUT2D eigenvalue weighted by atomic mass is 9.97. The number of hydrogen-bond acceptors (Lipinski definition) is 3. The zero-order valence-electron chi connectivity index (χ0n) is 11.3. The van der Waals surface area contributed by atoms with Gasteiger partial charge in [0.25, 0.3) is 0 Å². The van der Waals surface area contributed by atoms with Crippen LogP contribution < -0.4 is 16.2 Å². The number of nitrogens with two attached hydrogens (primary N) is 2. The molecular weight excluding hydrogens is 228 g/mol. The maximum absolute atomic E-state index is 11.1. The van der Waals surface area contributed by atoms with Gasteiger partial charge < -0.3 is 16.2 Å². The van der Waals surface area contributed by atoms with Gasteiger partial charge in [0.2, 0.25) is 5.91 Å². The van der Waals surface area contributed by atoms with Crippen molar-refractivity contribution in [3.8, 4) is 5.75 Å². The Labute approximate surface area is 108 Å². The van der Waals surface area contributed by atoms with Crippen molar-refractivity contribution in [2.45, 2.75) is 38.6 Å². The van der Waals surface area contributed by atoms with E-state index in [1.54, 1.807) is 6.92 Å². The molecule has 1 aromatic rings. The summed E-state index contributed by atoms with van der Waals surface area (Å²) in [6.45, 7) is 5.91. The summed E-state index contributed by atoms with van der Waals surface area (Å²) in [7, 11) is 0. The fourth-order valence-corrected chi connectivity index (χ4v) is 1.54. The zero-order chi connectivity index (χ0) is 13.8. The third-order valence-electron chi connectivity index (χ3n) is 3.15. The molecule has 0 aliphatic carbocycles. The molecule has 0 radical (unpaired) electrons. The van der Waals surface area contributed by atoms with Gasteiger partial charge in [0, 0.05) is 0 Å². The molecule has 0 heterocycles. The van der Waals surface area contributed by atoms with Crippen LogP contribution in [-0.4, -0.2) is 18.1 Å². The Morgan fingerprint density at radius 2 is 2.06 bits per heavy atom. The Bertz CT molecular complexity index is 416. The summed E-state index contributed by atoms with van der Waals surface area (Å²) in [5.41, 5.74) is 11.0. The van der Waals surface area contributed by atoms with E-state index < -0.39 is 11.4 Å². The van der Waals surface area contributed by atoms with Crippen LogP contribution in [0.25, 0.3) is 0 Å². The topological polar surface area (TPSA) is 78.3 Å². The second kappa shape index (κ2) is 5.87. The van der Waals surface area contributed by atoms with Crippen LogP contribution in [0.15, 0.2) is 24.3 Å². The number of benzene rings is 1. The van der Waals surface area contributed by atoms with Crippen molar-refractivity contribution >= 4 is 5.91 Å². The number of primary amides is 1. The molecule has 0 bridgehead atoms. The van der Waals surface area contributed by atoms with Crippen molar-refractivity contribution in [2.24, 2.45) is 11.5 Å². The highest BCUT2D eigenvalue weighted by Gasteiger charge is 2.27. The minimum atomic E-state index is -1.15. The molecule has 1 amide bonds. The summed E-state index contributed by atoms with van der Waals surface area (Å²) in [6.07, 6.45) is 1.02. The van der Waals surface area contributed by atoms with E-state index in [4.69, 9.17) is 16.2 Å². The van der Waals surface area contributed by atoms with Crippen molar-refractivity contribution in [1.82, 2.24) is 0 Å². The minimum Gasteiger partial charge on any atom is -0.491 e. The van der Waals surface area contributed by atoms with Crippen LogP contribution in [0.1, 0.15) is 38.7 Å². The predicted molar refractivity (Wildman–Crippen MR) is 72.4 cm³/mol. The molecule has 0 aliphatic rings. The maximum Gasteiger partial charge on any atom is 0.240 e. The number of carbonyl (C=O) groups excluding carboxylic acids is 1. The van der Waals surface area contributed by atoms with Gasteiger partial charge in [-0.1, -0.05) is 32.0 Å². The molecule has 1 rings (SSSR count). The largest absolute Gasteiger partial charge is 0.491 e. The highest BCUT2D eigenvalue weighted by molar-refractivity contribution is 5.84. The van der Waals surface area contributed by atoms with E-state index in [0.29, 0.717) is 5.92 Å². The molecule has 0 fully saturated rings. The third kappa shape index (κ3) is 3.47. The third-order valence-corrected chi connectivity index (χ3v) is 3.15. The number of para-hydroxylation sites is 1. The lowest BCUT2D eigenvalue weighted by Gasteiger charge is -2.23. The lowest BCUT2D eigenvalue weighted by Crippen LogP contribution is -2.53. The molecule has 100 valence electrons. The Balaban J connectivity index is 2.82. The van der Waals surface area contributed by atoms with Crippen LogP contribution in [0.4, 0.5) is 0 Å². The van der Waals surface area contributed by atoms with Gasteiger partial charge in [-0.05, 0) is 30.9 Å². The SMILES string of the molecule is CCC(C)c1ccccc1OCC(C)(N)C(N)=O. The van der Waals surface area contributed by atoms with E-state index >= 15 is 0 Å². The Morgan fingerprint density at radius 3 is 2.61 bits per heavy atom. The minimum absolute atomic E-state index is 0.0791. The summed E-state index contributed by atoms with van der Waals surface area (Å²) in [5.74, 6) is 0.604. The molecule has 0 spiro atoms. The Hall–Kier alpha value is -1.55. The summed E-state index contributed by atoms with van der Waals surface area (Å²) in [6, 6.07) is 7.80. The molecule has 0 aliphatic heterocycles. The smallest absolute Gasteiger partial charge is 0.240 e. The monoisotopic (exact) mass is 250 g/mol. The highest BCUT2D eigenvalue weighted by Crippen LogP contribution is 2.28. The second-order valence-electron chi connectivity index (χ2n) is 4.92. The van der Waals surface area contributed by atoms with Crippen molar-refractivity contribution in [3.05, 3.63) is 29.8 Å². The molecule has 0 saturated carbocycles. The fraction of sp³-hybridized carbons (Fsp3) is 0.500.